The van der Waals surface area contributed by atoms with Crippen LogP contribution in [0.3, 0.4) is 0 Å². The van der Waals surface area contributed by atoms with Crippen molar-refractivity contribution >= 4 is 33.7 Å². The molecule has 0 spiro atoms. The summed E-state index contributed by atoms with van der Waals surface area (Å²) >= 11 is 6.16. The number of hydrogen-bond donors (Lipinski definition) is 1. The first-order valence-electron chi connectivity index (χ1n) is 12.1. The molecule has 9 heteroatoms. The molecule has 1 amide bonds. The number of benzene rings is 3. The molecular formula is C29H29ClN4O3S. The predicted molar refractivity (Wildman–Crippen MR) is 151 cm³/mol. The number of carbonyl (C=O) groups is 1. The summed E-state index contributed by atoms with van der Waals surface area (Å²) in [6, 6.07) is 27.2. The number of aromatic nitrogens is 1. The van der Waals surface area contributed by atoms with Gasteiger partial charge < -0.3 is 4.57 Å². The minimum atomic E-state index is -3.88. The van der Waals surface area contributed by atoms with E-state index in [1.54, 1.807) is 24.4 Å². The summed E-state index contributed by atoms with van der Waals surface area (Å²) in [5, 5.41) is 4.75. The molecule has 0 saturated heterocycles. The normalized spacial score (nSPS) is 11.8. The van der Waals surface area contributed by atoms with Crippen molar-refractivity contribution < 1.29 is 13.2 Å². The first-order valence-corrected chi connectivity index (χ1v) is 13.9. The highest BCUT2D eigenvalue weighted by Gasteiger charge is 2.26. The summed E-state index contributed by atoms with van der Waals surface area (Å²) in [6.07, 6.45) is 2.03. The molecule has 3 aromatic carbocycles. The second-order valence-electron chi connectivity index (χ2n) is 8.82. The van der Waals surface area contributed by atoms with Gasteiger partial charge in [-0.05, 0) is 62.2 Å². The molecule has 0 unspecified atom stereocenters. The molecule has 0 aliphatic heterocycles. The van der Waals surface area contributed by atoms with E-state index in [-0.39, 0.29) is 18.0 Å². The highest BCUT2D eigenvalue weighted by molar-refractivity contribution is 7.89. The van der Waals surface area contributed by atoms with Gasteiger partial charge in [-0.15, -0.1) is 0 Å². The maximum atomic E-state index is 13.3. The van der Waals surface area contributed by atoms with Gasteiger partial charge in [-0.1, -0.05) is 66.2 Å². The van der Waals surface area contributed by atoms with Gasteiger partial charge in [-0.3, -0.25) is 4.79 Å². The van der Waals surface area contributed by atoms with Crippen molar-refractivity contribution in [3.8, 4) is 5.69 Å². The van der Waals surface area contributed by atoms with Gasteiger partial charge in [0.2, 0.25) is 10.0 Å². The van der Waals surface area contributed by atoms with Crippen LogP contribution < -0.4 is 5.43 Å². The van der Waals surface area contributed by atoms with Gasteiger partial charge in [0.15, 0.2) is 0 Å². The molecule has 4 rings (SSSR count). The van der Waals surface area contributed by atoms with Crippen molar-refractivity contribution in [2.75, 3.05) is 13.1 Å². The highest BCUT2D eigenvalue weighted by atomic mass is 35.5. The summed E-state index contributed by atoms with van der Waals surface area (Å²) < 4.78 is 29.9. The van der Waals surface area contributed by atoms with Crippen LogP contribution >= 0.6 is 11.6 Å². The molecular weight excluding hydrogens is 520 g/mol. The lowest BCUT2D eigenvalue weighted by atomic mass is 10.1. The molecule has 38 heavy (non-hydrogen) atoms. The lowest BCUT2D eigenvalue weighted by Gasteiger charge is -2.21. The van der Waals surface area contributed by atoms with Gasteiger partial charge >= 0.3 is 0 Å². The SMILES string of the molecule is Cc1cc(/C=N\NC(=O)CN(CCc2ccccc2)S(=O)(=O)c2ccccc2)c(C)n1-c1cccc(Cl)c1. The molecule has 0 aliphatic carbocycles. The average Bonchev–Trinajstić information content (AvgIpc) is 3.20. The van der Waals surface area contributed by atoms with E-state index >= 15 is 0 Å². The topological polar surface area (TPSA) is 83.8 Å². The Labute approximate surface area is 228 Å². The number of rotatable bonds is 10. The molecule has 7 nitrogen and oxygen atoms in total. The van der Waals surface area contributed by atoms with Gasteiger partial charge in [0, 0.05) is 34.2 Å². The first-order chi connectivity index (χ1) is 18.3. The van der Waals surface area contributed by atoms with Crippen LogP contribution in [0.1, 0.15) is 22.5 Å². The maximum Gasteiger partial charge on any atom is 0.255 e. The molecule has 0 radical (unpaired) electrons. The molecule has 1 N–H and O–H groups in total. The van der Waals surface area contributed by atoms with Crippen LogP contribution in [0, 0.1) is 13.8 Å². The number of hydrogen-bond acceptors (Lipinski definition) is 4. The number of aryl methyl sites for hydroxylation is 1. The average molecular weight is 549 g/mol. The monoisotopic (exact) mass is 548 g/mol. The van der Waals surface area contributed by atoms with Crippen LogP contribution in [-0.2, 0) is 21.2 Å². The largest absolute Gasteiger partial charge is 0.318 e. The minimum Gasteiger partial charge on any atom is -0.318 e. The smallest absolute Gasteiger partial charge is 0.255 e. The molecule has 0 bridgehead atoms. The summed E-state index contributed by atoms with van der Waals surface area (Å²) in [5.41, 5.74) is 7.12. The van der Waals surface area contributed by atoms with Crippen molar-refractivity contribution in [3.63, 3.8) is 0 Å². The molecule has 0 fully saturated rings. The van der Waals surface area contributed by atoms with Crippen molar-refractivity contribution in [1.82, 2.24) is 14.3 Å². The van der Waals surface area contributed by atoms with Crippen LogP contribution in [0.5, 0.6) is 0 Å². The van der Waals surface area contributed by atoms with Crippen LogP contribution in [0.4, 0.5) is 0 Å². The van der Waals surface area contributed by atoms with Crippen LogP contribution in [0.15, 0.2) is 101 Å². The van der Waals surface area contributed by atoms with E-state index in [1.807, 2.05) is 79.1 Å². The maximum absolute atomic E-state index is 13.3. The highest BCUT2D eigenvalue weighted by Crippen LogP contribution is 2.22. The van der Waals surface area contributed by atoms with Crippen LogP contribution in [-0.4, -0.2) is 42.5 Å². The zero-order valence-corrected chi connectivity index (χ0v) is 22.8. The first kappa shape index (κ1) is 27.3. The number of nitrogens with zero attached hydrogens (tertiary/aromatic N) is 3. The van der Waals surface area contributed by atoms with E-state index in [2.05, 4.69) is 10.5 Å². The number of halogens is 1. The van der Waals surface area contributed by atoms with E-state index in [4.69, 9.17) is 11.6 Å². The second-order valence-corrected chi connectivity index (χ2v) is 11.2. The minimum absolute atomic E-state index is 0.137. The second kappa shape index (κ2) is 12.2. The van der Waals surface area contributed by atoms with E-state index in [1.165, 1.54) is 16.4 Å². The fourth-order valence-electron chi connectivity index (χ4n) is 4.22. The Bertz CT molecular complexity index is 1530. The Balaban J connectivity index is 1.48. The standard InChI is InChI=1S/C29H29ClN4O3S/c1-22-18-25(23(2)34(22)27-13-9-12-26(30)19-27)20-31-32-29(35)21-33(17-16-24-10-5-3-6-11-24)38(36,37)28-14-7-4-8-15-28/h3-15,18-20H,16-17,21H2,1-2H3,(H,32,35)/b31-20-. The number of carbonyl (C=O) groups excluding carboxylic acids is 1. The Morgan fingerprint density at radius 3 is 2.34 bits per heavy atom. The summed E-state index contributed by atoms with van der Waals surface area (Å²) in [6.45, 7) is 3.72. The zero-order chi connectivity index (χ0) is 27.1. The molecule has 0 saturated carbocycles. The summed E-state index contributed by atoms with van der Waals surface area (Å²) in [4.78, 5) is 12.9. The number of hydrazone groups is 1. The number of nitrogens with one attached hydrogen (secondary N) is 1. The van der Waals surface area contributed by atoms with Gasteiger partial charge in [-0.2, -0.15) is 9.41 Å². The van der Waals surface area contributed by atoms with E-state index < -0.39 is 15.9 Å². The lowest BCUT2D eigenvalue weighted by molar-refractivity contribution is -0.121. The van der Waals surface area contributed by atoms with Crippen molar-refractivity contribution in [1.29, 1.82) is 0 Å². The molecule has 1 aromatic heterocycles. The summed E-state index contributed by atoms with van der Waals surface area (Å²) in [7, 11) is -3.88. The number of amides is 1. The molecule has 0 atom stereocenters. The Kier molecular flexibility index (Phi) is 8.78. The van der Waals surface area contributed by atoms with Crippen molar-refractivity contribution in [2.45, 2.75) is 25.2 Å². The van der Waals surface area contributed by atoms with Crippen molar-refractivity contribution in [2.24, 2.45) is 5.10 Å². The van der Waals surface area contributed by atoms with Gasteiger partial charge in [-0.25, -0.2) is 13.8 Å². The third kappa shape index (κ3) is 6.58. The van der Waals surface area contributed by atoms with Crippen LogP contribution in [0.25, 0.3) is 5.69 Å². The Morgan fingerprint density at radius 1 is 0.974 bits per heavy atom. The van der Waals surface area contributed by atoms with E-state index in [0.29, 0.717) is 11.4 Å². The quantitative estimate of drug-likeness (QED) is 0.220. The van der Waals surface area contributed by atoms with Crippen LogP contribution in [0.2, 0.25) is 5.02 Å². The fourth-order valence-corrected chi connectivity index (χ4v) is 5.83. The Morgan fingerprint density at radius 2 is 1.66 bits per heavy atom. The fraction of sp³-hybridized carbons (Fsp3) is 0.172. The summed E-state index contributed by atoms with van der Waals surface area (Å²) in [5.74, 6) is -0.530. The molecule has 196 valence electrons. The predicted octanol–water partition coefficient (Wildman–Crippen LogP) is 5.13. The lowest BCUT2D eigenvalue weighted by Crippen LogP contribution is -2.40. The third-order valence-corrected chi connectivity index (χ3v) is 8.22. The van der Waals surface area contributed by atoms with E-state index in [9.17, 15) is 13.2 Å². The van der Waals surface area contributed by atoms with Gasteiger partial charge in [0.25, 0.3) is 5.91 Å². The molecule has 4 aromatic rings. The number of sulfonamides is 1. The molecule has 0 aliphatic rings. The van der Waals surface area contributed by atoms with Crippen molar-refractivity contribution in [3.05, 3.63) is 119 Å². The zero-order valence-electron chi connectivity index (χ0n) is 21.2. The van der Waals surface area contributed by atoms with Gasteiger partial charge in [0.1, 0.15) is 0 Å². The van der Waals surface area contributed by atoms with Gasteiger partial charge in [0.05, 0.1) is 17.7 Å². The van der Waals surface area contributed by atoms with E-state index in [0.717, 1.165) is 28.2 Å². The molecule has 1 heterocycles. The third-order valence-electron chi connectivity index (χ3n) is 6.12. The Hall–Kier alpha value is -3.72.